The lowest BCUT2D eigenvalue weighted by Crippen LogP contribution is -2.49. The first-order valence-electron chi connectivity index (χ1n) is 11.5. The van der Waals surface area contributed by atoms with Gasteiger partial charge in [-0.3, -0.25) is 0 Å². The number of aromatic hydroxyl groups is 1. The lowest BCUT2D eigenvalue weighted by Gasteiger charge is -2.37. The van der Waals surface area contributed by atoms with Crippen LogP contribution in [-0.4, -0.2) is 36.3 Å². The molecule has 1 aromatic heterocycles. The molecule has 3 N–H and O–H groups in total. The van der Waals surface area contributed by atoms with Gasteiger partial charge in [0, 0.05) is 36.5 Å². The maximum absolute atomic E-state index is 14.7. The highest BCUT2D eigenvalue weighted by Crippen LogP contribution is 2.43. The number of methoxy groups -OCH3 is 1. The van der Waals surface area contributed by atoms with Gasteiger partial charge in [-0.1, -0.05) is 12.1 Å². The van der Waals surface area contributed by atoms with Gasteiger partial charge in [-0.05, 0) is 60.1 Å². The summed E-state index contributed by atoms with van der Waals surface area (Å²) < 4.78 is 19.8. The number of nitrogens with two attached hydrogens (primary N) is 1. The third-order valence-corrected chi connectivity index (χ3v) is 7.24. The smallest absolute Gasteiger partial charge is 0.160 e. The molecule has 1 aliphatic heterocycles. The highest BCUT2D eigenvalue weighted by Gasteiger charge is 2.41. The summed E-state index contributed by atoms with van der Waals surface area (Å²) in [5, 5.41) is 29.9. The molecule has 8 heteroatoms. The van der Waals surface area contributed by atoms with Crippen LogP contribution in [0.1, 0.15) is 24.0 Å². The minimum atomic E-state index is -0.669. The van der Waals surface area contributed by atoms with E-state index in [1.54, 1.807) is 24.4 Å². The van der Waals surface area contributed by atoms with E-state index in [1.165, 1.54) is 25.3 Å². The van der Waals surface area contributed by atoms with E-state index in [0.717, 1.165) is 12.8 Å². The molecule has 0 spiro atoms. The number of phenols is 1. The topological polar surface area (TPSA) is 119 Å². The fourth-order valence-corrected chi connectivity index (χ4v) is 5.42. The number of rotatable bonds is 4. The molecule has 3 aromatic rings. The summed E-state index contributed by atoms with van der Waals surface area (Å²) in [7, 11) is 1.46. The Balaban J connectivity index is 1.71. The molecule has 2 aliphatic rings. The van der Waals surface area contributed by atoms with E-state index in [4.69, 9.17) is 10.5 Å². The average molecular weight is 470 g/mol. The van der Waals surface area contributed by atoms with E-state index >= 15 is 0 Å². The number of hydrogen-bond donors (Lipinski definition) is 2. The van der Waals surface area contributed by atoms with Crippen molar-refractivity contribution in [3.8, 4) is 45.9 Å². The number of benzene rings is 2. The molecule has 2 fully saturated rings. The maximum atomic E-state index is 14.7. The largest absolute Gasteiger partial charge is 0.504 e. The number of phenolic OH excluding ortho intramolecular Hbond substituents is 1. The normalized spacial score (nSPS) is 20.8. The van der Waals surface area contributed by atoms with Crippen molar-refractivity contribution in [1.82, 2.24) is 4.98 Å². The molecule has 35 heavy (non-hydrogen) atoms. The number of halogens is 1. The number of anilines is 1. The quantitative estimate of drug-likeness (QED) is 0.588. The number of aromatic nitrogens is 1. The molecule has 7 nitrogen and oxygen atoms in total. The summed E-state index contributed by atoms with van der Waals surface area (Å²) in [5.41, 5.74) is 8.72. The highest BCUT2D eigenvalue weighted by molar-refractivity contribution is 5.90. The van der Waals surface area contributed by atoms with Crippen LogP contribution < -0.4 is 15.4 Å². The molecule has 2 unspecified atom stereocenters. The molecule has 176 valence electrons. The predicted molar refractivity (Wildman–Crippen MR) is 129 cm³/mol. The van der Waals surface area contributed by atoms with Gasteiger partial charge in [-0.15, -0.1) is 0 Å². The minimum absolute atomic E-state index is 0.0638. The Kier molecular flexibility index (Phi) is 5.76. The Bertz CT molecular complexity index is 1380. The van der Waals surface area contributed by atoms with Crippen molar-refractivity contribution < 1.29 is 14.2 Å². The van der Waals surface area contributed by atoms with Gasteiger partial charge in [0.2, 0.25) is 0 Å². The zero-order chi connectivity index (χ0) is 24.7. The molecule has 1 saturated carbocycles. The molecular weight excluding hydrogens is 445 g/mol. The van der Waals surface area contributed by atoms with E-state index in [0.29, 0.717) is 64.3 Å². The Labute approximate surface area is 202 Å². The summed E-state index contributed by atoms with van der Waals surface area (Å²) >= 11 is 0. The van der Waals surface area contributed by atoms with Crippen LogP contribution in [0.2, 0.25) is 0 Å². The first-order chi connectivity index (χ1) is 16.9. The molecule has 1 aliphatic carbocycles. The van der Waals surface area contributed by atoms with Crippen molar-refractivity contribution in [3.05, 3.63) is 59.5 Å². The van der Waals surface area contributed by atoms with Crippen LogP contribution in [0.15, 0.2) is 42.6 Å². The standard InChI is InChI=1S/C27H24FN5O2/c1-35-24-7-6-15(9-23(24)34)21-12-32-27(33-13-18-4-5-19(14-33)26(18)31)20(11-30)25(21)16-2-3-17(10-29)22(28)8-16/h2-3,6-9,12,18-19,26,34H,4-5,13-14,31H2,1H3. The van der Waals surface area contributed by atoms with Crippen LogP contribution in [0.3, 0.4) is 0 Å². The second-order valence-electron chi connectivity index (χ2n) is 9.13. The molecular formula is C27H24FN5O2. The van der Waals surface area contributed by atoms with Crippen molar-refractivity contribution in [1.29, 1.82) is 10.5 Å². The molecule has 2 heterocycles. The van der Waals surface area contributed by atoms with E-state index in [-0.39, 0.29) is 17.4 Å². The van der Waals surface area contributed by atoms with Crippen LogP contribution in [-0.2, 0) is 0 Å². The Morgan fingerprint density at radius 1 is 1.09 bits per heavy atom. The summed E-state index contributed by atoms with van der Waals surface area (Å²) in [6.07, 6.45) is 3.77. The zero-order valence-electron chi connectivity index (χ0n) is 19.2. The van der Waals surface area contributed by atoms with E-state index in [9.17, 15) is 20.0 Å². The first-order valence-corrected chi connectivity index (χ1v) is 11.5. The molecule has 2 bridgehead atoms. The average Bonchev–Trinajstić information content (AvgIpc) is 3.06. The number of nitriles is 2. The Morgan fingerprint density at radius 2 is 1.80 bits per heavy atom. The molecule has 1 saturated heterocycles. The van der Waals surface area contributed by atoms with Crippen LogP contribution in [0.4, 0.5) is 10.2 Å². The fraction of sp³-hybridized carbons (Fsp3) is 0.296. The van der Waals surface area contributed by atoms with Gasteiger partial charge in [0.05, 0.1) is 12.7 Å². The van der Waals surface area contributed by atoms with E-state index in [2.05, 4.69) is 16.0 Å². The summed E-state index contributed by atoms with van der Waals surface area (Å²) in [6, 6.07) is 13.5. The second kappa shape index (κ2) is 8.90. The molecule has 2 atom stereocenters. The van der Waals surface area contributed by atoms with Crippen LogP contribution in [0.25, 0.3) is 22.3 Å². The van der Waals surface area contributed by atoms with Gasteiger partial charge < -0.3 is 20.5 Å². The molecule has 5 rings (SSSR count). The highest BCUT2D eigenvalue weighted by atomic mass is 19.1. The summed E-state index contributed by atoms with van der Waals surface area (Å²) in [6.45, 7) is 1.42. The SMILES string of the molecule is COc1ccc(-c2cnc(N3CC4CCC(C3)C4N)c(C#N)c2-c2ccc(C#N)c(F)c2)cc1O. The van der Waals surface area contributed by atoms with Gasteiger partial charge in [-0.25, -0.2) is 9.37 Å². The molecule has 0 amide bonds. The van der Waals surface area contributed by atoms with Crippen molar-refractivity contribution >= 4 is 5.82 Å². The maximum Gasteiger partial charge on any atom is 0.160 e. The van der Waals surface area contributed by atoms with Gasteiger partial charge in [0.25, 0.3) is 0 Å². The van der Waals surface area contributed by atoms with Crippen molar-refractivity contribution in [2.24, 2.45) is 17.6 Å². The van der Waals surface area contributed by atoms with Crippen LogP contribution >= 0.6 is 0 Å². The van der Waals surface area contributed by atoms with Crippen molar-refractivity contribution in [2.45, 2.75) is 18.9 Å². The minimum Gasteiger partial charge on any atom is -0.504 e. The van der Waals surface area contributed by atoms with Crippen LogP contribution in [0.5, 0.6) is 11.5 Å². The summed E-state index contributed by atoms with van der Waals surface area (Å²) in [4.78, 5) is 6.80. The predicted octanol–water partition coefficient (Wildman–Crippen LogP) is 4.19. The lowest BCUT2D eigenvalue weighted by molar-refractivity contribution is 0.355. The number of nitrogens with zero attached hydrogens (tertiary/aromatic N) is 4. The molecule has 2 aromatic carbocycles. The zero-order valence-corrected chi connectivity index (χ0v) is 19.2. The van der Waals surface area contributed by atoms with Crippen LogP contribution in [0, 0.1) is 40.3 Å². The number of piperidine rings is 1. The van der Waals surface area contributed by atoms with Crippen molar-refractivity contribution in [2.75, 3.05) is 25.1 Å². The lowest BCUT2D eigenvalue weighted by atomic mass is 9.89. The first kappa shape index (κ1) is 22.6. The number of hydrogen-bond acceptors (Lipinski definition) is 7. The van der Waals surface area contributed by atoms with Gasteiger partial charge >= 0.3 is 0 Å². The second-order valence-corrected chi connectivity index (χ2v) is 9.13. The van der Waals surface area contributed by atoms with Gasteiger partial charge in [0.15, 0.2) is 11.5 Å². The Hall–Kier alpha value is -4.14. The monoisotopic (exact) mass is 469 g/mol. The third-order valence-electron chi connectivity index (χ3n) is 7.24. The fourth-order valence-electron chi connectivity index (χ4n) is 5.42. The number of pyridine rings is 1. The molecule has 0 radical (unpaired) electrons. The van der Waals surface area contributed by atoms with Crippen molar-refractivity contribution in [3.63, 3.8) is 0 Å². The third kappa shape index (κ3) is 3.82. The van der Waals surface area contributed by atoms with E-state index in [1.807, 2.05) is 6.07 Å². The number of fused-ring (bicyclic) bond motifs is 2. The Morgan fingerprint density at radius 3 is 2.40 bits per heavy atom. The van der Waals surface area contributed by atoms with Gasteiger partial charge in [0.1, 0.15) is 29.3 Å². The van der Waals surface area contributed by atoms with Gasteiger partial charge in [-0.2, -0.15) is 10.5 Å². The van der Waals surface area contributed by atoms with E-state index < -0.39 is 5.82 Å². The summed E-state index contributed by atoms with van der Waals surface area (Å²) in [5.74, 6) is 0.804. The number of ether oxygens (including phenoxy) is 1.